The molecule has 0 radical (unpaired) electrons. The number of hydrogen-bond donors (Lipinski definition) is 2. The van der Waals surface area contributed by atoms with Crippen LogP contribution in [0.2, 0.25) is 0 Å². The maximum atomic E-state index is 13.1. The standard InChI is InChI=1S/C24H16N2O4S/c27-24(28)22-15-13-17(16-25-22)12-14-19-7-2-4-11-23(19)31(29,30)26-21-10-5-8-18-6-1-3-9-20(18)21/h1-11,13,15-16,26H,(H,27,28). The molecule has 0 saturated heterocycles. The molecule has 6 nitrogen and oxygen atoms in total. The molecule has 0 fully saturated rings. The fraction of sp³-hybridized carbons (Fsp3) is 0. The van der Waals surface area contributed by atoms with Crippen LogP contribution in [0.25, 0.3) is 10.8 Å². The van der Waals surface area contributed by atoms with Gasteiger partial charge in [-0.3, -0.25) is 4.72 Å². The van der Waals surface area contributed by atoms with E-state index in [0.717, 1.165) is 10.8 Å². The molecule has 0 aliphatic heterocycles. The van der Waals surface area contributed by atoms with Crippen LogP contribution >= 0.6 is 0 Å². The first-order valence-electron chi connectivity index (χ1n) is 9.25. The van der Waals surface area contributed by atoms with Crippen LogP contribution in [0.3, 0.4) is 0 Å². The number of carboxylic acid groups (broad SMARTS) is 1. The Morgan fingerprint density at radius 1 is 0.871 bits per heavy atom. The SMILES string of the molecule is O=C(O)c1ccc(C#Cc2ccccc2S(=O)(=O)Nc2cccc3ccccc23)cn1. The summed E-state index contributed by atoms with van der Waals surface area (Å²) >= 11 is 0. The van der Waals surface area contributed by atoms with Gasteiger partial charge in [0.05, 0.1) is 5.69 Å². The lowest BCUT2D eigenvalue weighted by molar-refractivity contribution is 0.0690. The van der Waals surface area contributed by atoms with Gasteiger partial charge in [-0.2, -0.15) is 0 Å². The second kappa shape index (κ2) is 8.30. The molecule has 152 valence electrons. The van der Waals surface area contributed by atoms with Gasteiger partial charge in [-0.1, -0.05) is 60.4 Å². The molecule has 1 aromatic heterocycles. The molecule has 0 aliphatic carbocycles. The summed E-state index contributed by atoms with van der Waals surface area (Å²) in [6.07, 6.45) is 1.34. The van der Waals surface area contributed by atoms with Crippen molar-refractivity contribution >= 4 is 32.5 Å². The number of fused-ring (bicyclic) bond motifs is 1. The first-order chi connectivity index (χ1) is 14.9. The quantitative estimate of drug-likeness (QED) is 0.477. The number of anilines is 1. The van der Waals surface area contributed by atoms with Crippen LogP contribution in [0, 0.1) is 11.8 Å². The molecule has 7 heteroatoms. The lowest BCUT2D eigenvalue weighted by Gasteiger charge is -2.12. The zero-order valence-electron chi connectivity index (χ0n) is 16.1. The number of hydrogen-bond acceptors (Lipinski definition) is 4. The third kappa shape index (κ3) is 4.39. The Morgan fingerprint density at radius 3 is 2.39 bits per heavy atom. The molecule has 0 amide bonds. The van der Waals surface area contributed by atoms with Crippen molar-refractivity contribution in [2.45, 2.75) is 4.90 Å². The molecule has 4 rings (SSSR count). The first kappa shape index (κ1) is 20.1. The van der Waals surface area contributed by atoms with E-state index < -0.39 is 16.0 Å². The highest BCUT2D eigenvalue weighted by Crippen LogP contribution is 2.26. The molecule has 0 unspecified atom stereocenters. The lowest BCUT2D eigenvalue weighted by atomic mass is 10.1. The predicted octanol–water partition coefficient (Wildman–Crippen LogP) is 4.13. The highest BCUT2D eigenvalue weighted by atomic mass is 32.2. The van der Waals surface area contributed by atoms with E-state index in [1.165, 1.54) is 24.4 Å². The summed E-state index contributed by atoms with van der Waals surface area (Å²) < 4.78 is 28.9. The smallest absolute Gasteiger partial charge is 0.354 e. The van der Waals surface area contributed by atoms with E-state index in [4.69, 9.17) is 5.11 Å². The van der Waals surface area contributed by atoms with Gasteiger partial charge in [-0.15, -0.1) is 0 Å². The fourth-order valence-electron chi connectivity index (χ4n) is 3.05. The van der Waals surface area contributed by atoms with Crippen molar-refractivity contribution in [1.29, 1.82) is 0 Å². The van der Waals surface area contributed by atoms with Crippen molar-refractivity contribution in [2.75, 3.05) is 4.72 Å². The van der Waals surface area contributed by atoms with Gasteiger partial charge in [0, 0.05) is 22.7 Å². The summed E-state index contributed by atoms with van der Waals surface area (Å²) in [7, 11) is -3.90. The molecule has 0 atom stereocenters. The first-order valence-corrected chi connectivity index (χ1v) is 10.7. The van der Waals surface area contributed by atoms with Gasteiger partial charge in [-0.05, 0) is 35.7 Å². The number of nitrogens with zero attached hydrogens (tertiary/aromatic N) is 1. The molecule has 0 aliphatic rings. The Bertz CT molecular complexity index is 1450. The Kier molecular flexibility index (Phi) is 5.39. The van der Waals surface area contributed by atoms with E-state index in [9.17, 15) is 13.2 Å². The van der Waals surface area contributed by atoms with Crippen molar-refractivity contribution in [3.63, 3.8) is 0 Å². The van der Waals surface area contributed by atoms with Crippen LogP contribution in [0.5, 0.6) is 0 Å². The van der Waals surface area contributed by atoms with Gasteiger partial charge in [0.2, 0.25) is 0 Å². The van der Waals surface area contributed by atoms with Crippen molar-refractivity contribution in [3.05, 3.63) is 102 Å². The van der Waals surface area contributed by atoms with Crippen molar-refractivity contribution in [2.24, 2.45) is 0 Å². The number of rotatable bonds is 4. The van der Waals surface area contributed by atoms with Crippen LogP contribution in [0.4, 0.5) is 5.69 Å². The number of carboxylic acids is 1. The number of sulfonamides is 1. The number of carbonyl (C=O) groups is 1. The minimum atomic E-state index is -3.90. The summed E-state index contributed by atoms with van der Waals surface area (Å²) in [5.41, 5.74) is 1.18. The number of aromatic carboxylic acids is 1. The third-order valence-corrected chi connectivity index (χ3v) is 5.96. The summed E-state index contributed by atoms with van der Waals surface area (Å²) in [4.78, 5) is 14.8. The summed E-state index contributed by atoms with van der Waals surface area (Å²) in [6.45, 7) is 0. The fourth-order valence-corrected chi connectivity index (χ4v) is 4.30. The highest BCUT2D eigenvalue weighted by Gasteiger charge is 2.18. The van der Waals surface area contributed by atoms with Crippen LogP contribution in [-0.2, 0) is 10.0 Å². The maximum Gasteiger partial charge on any atom is 0.354 e. The zero-order valence-corrected chi connectivity index (χ0v) is 16.9. The molecule has 0 bridgehead atoms. The maximum absolute atomic E-state index is 13.1. The number of nitrogens with one attached hydrogen (secondary N) is 1. The van der Waals surface area contributed by atoms with E-state index in [0.29, 0.717) is 16.8 Å². The van der Waals surface area contributed by atoms with Gasteiger partial charge < -0.3 is 5.11 Å². The highest BCUT2D eigenvalue weighted by molar-refractivity contribution is 7.92. The van der Waals surface area contributed by atoms with Gasteiger partial charge in [0.25, 0.3) is 10.0 Å². The molecule has 4 aromatic rings. The number of aromatic nitrogens is 1. The molecule has 2 N–H and O–H groups in total. The van der Waals surface area contributed by atoms with E-state index in [1.54, 1.807) is 30.3 Å². The van der Waals surface area contributed by atoms with Crippen molar-refractivity contribution < 1.29 is 18.3 Å². The number of benzene rings is 3. The molecular weight excluding hydrogens is 412 g/mol. The summed E-state index contributed by atoms with van der Waals surface area (Å²) in [5, 5.41) is 10.6. The molecule has 0 spiro atoms. The largest absolute Gasteiger partial charge is 0.477 e. The van der Waals surface area contributed by atoms with Gasteiger partial charge in [-0.25, -0.2) is 18.2 Å². The molecule has 3 aromatic carbocycles. The van der Waals surface area contributed by atoms with E-state index in [-0.39, 0.29) is 10.6 Å². The Hall–Kier alpha value is -4.15. The normalized spacial score (nSPS) is 10.8. The van der Waals surface area contributed by atoms with E-state index >= 15 is 0 Å². The average molecular weight is 428 g/mol. The Labute approximate surface area is 179 Å². The Balaban J connectivity index is 1.69. The van der Waals surface area contributed by atoms with Crippen LogP contribution in [0.15, 0.2) is 90.0 Å². The van der Waals surface area contributed by atoms with Gasteiger partial charge in [0.15, 0.2) is 0 Å². The Morgan fingerprint density at radius 2 is 1.61 bits per heavy atom. The molecule has 0 saturated carbocycles. The third-order valence-electron chi connectivity index (χ3n) is 4.53. The van der Waals surface area contributed by atoms with Crippen LogP contribution < -0.4 is 4.72 Å². The predicted molar refractivity (Wildman–Crippen MR) is 118 cm³/mol. The number of pyridine rings is 1. The molecule has 1 heterocycles. The summed E-state index contributed by atoms with van der Waals surface area (Å²) in [6, 6.07) is 22.2. The van der Waals surface area contributed by atoms with E-state index in [1.807, 2.05) is 30.3 Å². The monoisotopic (exact) mass is 428 g/mol. The topological polar surface area (TPSA) is 96.4 Å². The van der Waals surface area contributed by atoms with E-state index in [2.05, 4.69) is 21.5 Å². The lowest BCUT2D eigenvalue weighted by Crippen LogP contribution is -2.14. The second-order valence-electron chi connectivity index (χ2n) is 6.62. The summed E-state index contributed by atoms with van der Waals surface area (Å²) in [5.74, 6) is 4.56. The molecular formula is C24H16N2O4S. The molecule has 31 heavy (non-hydrogen) atoms. The van der Waals surface area contributed by atoms with Gasteiger partial charge in [0.1, 0.15) is 10.6 Å². The zero-order chi connectivity index (χ0) is 21.8. The van der Waals surface area contributed by atoms with Crippen molar-refractivity contribution in [3.8, 4) is 11.8 Å². The minimum Gasteiger partial charge on any atom is -0.477 e. The van der Waals surface area contributed by atoms with Gasteiger partial charge >= 0.3 is 5.97 Å². The average Bonchev–Trinajstić information content (AvgIpc) is 2.78. The van der Waals surface area contributed by atoms with Crippen molar-refractivity contribution in [1.82, 2.24) is 4.98 Å². The minimum absolute atomic E-state index is 0.0468. The second-order valence-corrected chi connectivity index (χ2v) is 8.27. The van der Waals surface area contributed by atoms with Crippen LogP contribution in [0.1, 0.15) is 21.6 Å². The van der Waals surface area contributed by atoms with Crippen LogP contribution in [-0.4, -0.2) is 24.5 Å².